The second-order valence-electron chi connectivity index (χ2n) is 8.95. The van der Waals surface area contributed by atoms with Crippen molar-refractivity contribution in [1.29, 1.82) is 5.41 Å². The Bertz CT molecular complexity index is 1330. The number of anilines is 1. The van der Waals surface area contributed by atoms with E-state index in [1.807, 2.05) is 0 Å². The van der Waals surface area contributed by atoms with E-state index >= 15 is 0 Å². The molecule has 0 atom stereocenters. The number of ether oxygens (including phenoxy) is 3. The molecule has 0 unspecified atom stereocenters. The smallest absolute Gasteiger partial charge is 0.413 e. The van der Waals surface area contributed by atoms with Gasteiger partial charge in [0.15, 0.2) is 0 Å². The van der Waals surface area contributed by atoms with Gasteiger partial charge in [0.25, 0.3) is 5.91 Å². The number of rotatable bonds is 6. The zero-order valence-corrected chi connectivity index (χ0v) is 21.3. The Morgan fingerprint density at radius 1 is 0.838 bits per heavy atom. The number of amidine groups is 1. The van der Waals surface area contributed by atoms with Crippen LogP contribution in [0.25, 0.3) is 11.1 Å². The molecule has 0 saturated heterocycles. The number of hydrogen-bond donors (Lipinski definition) is 3. The highest BCUT2D eigenvalue weighted by molar-refractivity contribution is 6.12. The molecule has 0 bridgehead atoms. The predicted octanol–water partition coefficient (Wildman–Crippen LogP) is 5.25. The van der Waals surface area contributed by atoms with Crippen LogP contribution in [0.15, 0.2) is 66.7 Å². The second-order valence-corrected chi connectivity index (χ2v) is 8.95. The monoisotopic (exact) mass is 503 g/mol. The van der Waals surface area contributed by atoms with Gasteiger partial charge in [-0.3, -0.25) is 15.5 Å². The van der Waals surface area contributed by atoms with Crippen molar-refractivity contribution in [2.75, 3.05) is 19.5 Å². The Balaban J connectivity index is 1.86. The van der Waals surface area contributed by atoms with Crippen LogP contribution < -0.4 is 15.4 Å². The molecule has 0 fully saturated rings. The summed E-state index contributed by atoms with van der Waals surface area (Å²) in [4.78, 5) is 37.7. The Hall–Kier alpha value is -4.66. The highest BCUT2D eigenvalue weighted by Gasteiger charge is 2.23. The topological polar surface area (TPSA) is 127 Å². The summed E-state index contributed by atoms with van der Waals surface area (Å²) in [6, 6.07) is 18.3. The third kappa shape index (κ3) is 6.72. The lowest BCUT2D eigenvalue weighted by atomic mass is 9.94. The van der Waals surface area contributed by atoms with Gasteiger partial charge in [-0.2, -0.15) is 0 Å². The van der Waals surface area contributed by atoms with Crippen molar-refractivity contribution in [2.24, 2.45) is 0 Å². The molecule has 192 valence electrons. The standard InChI is InChI=1S/C28H29N3O6/c1-28(2,3)37-27(34)31-24(29)17-13-15-18(16-14-17)30-25(32)23-20(11-8-12-22(23)35-4)19-9-6-7-10-21(19)26(33)36-5/h6-16H,1-5H3,(H,30,32)(H2,29,31,34). The number of amides is 2. The first kappa shape index (κ1) is 26.9. The molecule has 0 saturated carbocycles. The maximum absolute atomic E-state index is 13.4. The molecule has 0 aliphatic carbocycles. The number of esters is 1. The van der Waals surface area contributed by atoms with Crippen molar-refractivity contribution in [3.63, 3.8) is 0 Å². The number of carbonyl (C=O) groups is 3. The average molecular weight is 504 g/mol. The number of hydrogen-bond acceptors (Lipinski definition) is 7. The molecule has 3 rings (SSSR count). The molecule has 37 heavy (non-hydrogen) atoms. The van der Waals surface area contributed by atoms with E-state index in [-0.39, 0.29) is 11.4 Å². The zero-order chi connectivity index (χ0) is 27.2. The molecule has 9 nitrogen and oxygen atoms in total. The number of nitrogens with one attached hydrogen (secondary N) is 3. The Morgan fingerprint density at radius 2 is 1.49 bits per heavy atom. The summed E-state index contributed by atoms with van der Waals surface area (Å²) >= 11 is 0. The van der Waals surface area contributed by atoms with Crippen molar-refractivity contribution < 1.29 is 28.6 Å². The third-order valence-corrected chi connectivity index (χ3v) is 5.15. The molecule has 2 amide bonds. The molecule has 0 aliphatic rings. The highest BCUT2D eigenvalue weighted by Crippen LogP contribution is 2.34. The third-order valence-electron chi connectivity index (χ3n) is 5.15. The van der Waals surface area contributed by atoms with Crippen LogP contribution >= 0.6 is 0 Å². The van der Waals surface area contributed by atoms with Gasteiger partial charge in [0.2, 0.25) is 0 Å². The molecule has 0 aliphatic heterocycles. The van der Waals surface area contributed by atoms with Crippen LogP contribution in [0.1, 0.15) is 47.1 Å². The van der Waals surface area contributed by atoms with Crippen LogP contribution in [0, 0.1) is 5.41 Å². The van der Waals surface area contributed by atoms with E-state index in [4.69, 9.17) is 19.6 Å². The van der Waals surface area contributed by atoms with E-state index < -0.39 is 23.6 Å². The van der Waals surface area contributed by atoms with Crippen molar-refractivity contribution in [1.82, 2.24) is 5.32 Å². The molecular weight excluding hydrogens is 474 g/mol. The van der Waals surface area contributed by atoms with Crippen LogP contribution in [-0.4, -0.2) is 43.6 Å². The minimum atomic E-state index is -0.731. The fraction of sp³-hybridized carbons (Fsp3) is 0.214. The number of carbonyl (C=O) groups excluding carboxylic acids is 3. The second kappa shape index (κ2) is 11.4. The number of methoxy groups -OCH3 is 2. The Morgan fingerprint density at radius 3 is 2.11 bits per heavy atom. The van der Waals surface area contributed by atoms with E-state index in [0.29, 0.717) is 33.7 Å². The van der Waals surface area contributed by atoms with Gasteiger partial charge in [-0.05, 0) is 68.3 Å². The summed E-state index contributed by atoms with van der Waals surface area (Å²) in [5.74, 6) is -0.794. The van der Waals surface area contributed by atoms with Gasteiger partial charge in [0, 0.05) is 11.3 Å². The maximum Gasteiger partial charge on any atom is 0.413 e. The molecule has 3 aromatic carbocycles. The summed E-state index contributed by atoms with van der Waals surface area (Å²) in [5, 5.41) is 13.3. The molecule has 0 heterocycles. The largest absolute Gasteiger partial charge is 0.496 e. The quantitative estimate of drug-likeness (QED) is 0.240. The fourth-order valence-electron chi connectivity index (χ4n) is 3.56. The minimum Gasteiger partial charge on any atom is -0.496 e. The molecule has 3 N–H and O–H groups in total. The summed E-state index contributed by atoms with van der Waals surface area (Å²) < 4.78 is 15.5. The normalized spacial score (nSPS) is 10.7. The maximum atomic E-state index is 13.4. The van der Waals surface area contributed by atoms with Crippen molar-refractivity contribution >= 4 is 29.5 Å². The Labute approximate surface area is 215 Å². The number of alkyl carbamates (subject to hydrolysis) is 1. The van der Waals surface area contributed by atoms with Gasteiger partial charge in [-0.1, -0.05) is 30.3 Å². The van der Waals surface area contributed by atoms with Gasteiger partial charge in [0.1, 0.15) is 17.2 Å². The lowest BCUT2D eigenvalue weighted by molar-refractivity contribution is 0.0560. The van der Waals surface area contributed by atoms with E-state index in [2.05, 4.69) is 10.6 Å². The van der Waals surface area contributed by atoms with Gasteiger partial charge in [0.05, 0.1) is 25.3 Å². The lowest BCUT2D eigenvalue weighted by Crippen LogP contribution is -2.36. The van der Waals surface area contributed by atoms with E-state index in [0.717, 1.165) is 0 Å². The van der Waals surface area contributed by atoms with E-state index in [1.54, 1.807) is 87.5 Å². The lowest BCUT2D eigenvalue weighted by Gasteiger charge is -2.19. The molecule has 9 heteroatoms. The fourth-order valence-corrected chi connectivity index (χ4v) is 3.56. The summed E-state index contributed by atoms with van der Waals surface area (Å²) in [6.07, 6.45) is -0.731. The SMILES string of the molecule is COC(=O)c1ccccc1-c1cccc(OC)c1C(=O)Nc1ccc(C(=N)NC(=O)OC(C)(C)C)cc1. The summed E-state index contributed by atoms with van der Waals surface area (Å²) in [5.41, 5.74) is 1.77. The van der Waals surface area contributed by atoms with Crippen molar-refractivity contribution in [3.05, 3.63) is 83.4 Å². The first-order valence-corrected chi connectivity index (χ1v) is 11.4. The zero-order valence-electron chi connectivity index (χ0n) is 21.3. The van der Waals surface area contributed by atoms with Crippen LogP contribution in [-0.2, 0) is 9.47 Å². The summed E-state index contributed by atoms with van der Waals surface area (Å²) in [6.45, 7) is 5.19. The van der Waals surface area contributed by atoms with E-state index in [9.17, 15) is 14.4 Å². The molecule has 3 aromatic rings. The molecule has 0 aromatic heterocycles. The van der Waals surface area contributed by atoms with Gasteiger partial charge >= 0.3 is 12.1 Å². The van der Waals surface area contributed by atoms with Gasteiger partial charge in [-0.15, -0.1) is 0 Å². The van der Waals surface area contributed by atoms with E-state index in [1.165, 1.54) is 14.2 Å². The first-order chi connectivity index (χ1) is 17.5. The van der Waals surface area contributed by atoms with Gasteiger partial charge in [-0.25, -0.2) is 9.59 Å². The minimum absolute atomic E-state index is 0.140. The predicted molar refractivity (Wildman–Crippen MR) is 140 cm³/mol. The van der Waals surface area contributed by atoms with Crippen LogP contribution in [0.3, 0.4) is 0 Å². The van der Waals surface area contributed by atoms with Crippen molar-refractivity contribution in [3.8, 4) is 16.9 Å². The molecule has 0 radical (unpaired) electrons. The average Bonchev–Trinajstić information content (AvgIpc) is 2.86. The first-order valence-electron chi connectivity index (χ1n) is 11.4. The summed E-state index contributed by atoms with van der Waals surface area (Å²) in [7, 11) is 2.75. The highest BCUT2D eigenvalue weighted by atomic mass is 16.6. The number of benzene rings is 3. The molecular formula is C28H29N3O6. The molecule has 0 spiro atoms. The Kier molecular flexibility index (Phi) is 8.29. The van der Waals surface area contributed by atoms with Gasteiger partial charge < -0.3 is 19.5 Å². The van der Waals surface area contributed by atoms with Crippen molar-refractivity contribution in [2.45, 2.75) is 26.4 Å². The van der Waals surface area contributed by atoms with Crippen LogP contribution in [0.2, 0.25) is 0 Å². The van der Waals surface area contributed by atoms with Crippen LogP contribution in [0.5, 0.6) is 5.75 Å². The van der Waals surface area contributed by atoms with Crippen LogP contribution in [0.4, 0.5) is 10.5 Å².